The monoisotopic (exact) mass is 297 g/mol. The number of aromatic nitrogens is 1. The first-order chi connectivity index (χ1) is 10.7. The van der Waals surface area contributed by atoms with Crippen molar-refractivity contribution >= 4 is 5.91 Å². The lowest BCUT2D eigenvalue weighted by Gasteiger charge is -2.11. The van der Waals surface area contributed by atoms with Crippen molar-refractivity contribution < 1.29 is 4.79 Å². The Hall–Kier alpha value is -2.20. The maximum Gasteiger partial charge on any atom is 0.251 e. The first-order valence-corrected chi connectivity index (χ1v) is 7.69. The summed E-state index contributed by atoms with van der Waals surface area (Å²) in [7, 11) is 0. The third kappa shape index (κ3) is 4.97. The quantitative estimate of drug-likeness (QED) is 0.826. The summed E-state index contributed by atoms with van der Waals surface area (Å²) in [6, 6.07) is 13.9. The molecule has 0 spiro atoms. The summed E-state index contributed by atoms with van der Waals surface area (Å²) in [6.07, 6.45) is 2.83. The zero-order valence-corrected chi connectivity index (χ0v) is 13.2. The van der Waals surface area contributed by atoms with Gasteiger partial charge in [0.2, 0.25) is 0 Å². The van der Waals surface area contributed by atoms with Crippen LogP contribution in [-0.4, -0.2) is 16.9 Å². The van der Waals surface area contributed by atoms with E-state index in [2.05, 4.69) is 29.5 Å². The van der Waals surface area contributed by atoms with Crippen LogP contribution in [0.1, 0.15) is 41.9 Å². The van der Waals surface area contributed by atoms with Gasteiger partial charge in [-0.3, -0.25) is 9.78 Å². The Balaban J connectivity index is 1.85. The molecule has 0 fully saturated rings. The summed E-state index contributed by atoms with van der Waals surface area (Å²) < 4.78 is 0. The van der Waals surface area contributed by atoms with Gasteiger partial charge in [-0.25, -0.2) is 0 Å². The van der Waals surface area contributed by atoms with Crippen molar-refractivity contribution in [1.82, 2.24) is 15.6 Å². The Morgan fingerprint density at radius 1 is 1.14 bits per heavy atom. The van der Waals surface area contributed by atoms with Gasteiger partial charge in [-0.1, -0.05) is 25.1 Å². The SMILES string of the molecule is CCC(C)NCc1ccc(C(=O)NCc2ccccn2)cc1. The van der Waals surface area contributed by atoms with Crippen LogP contribution < -0.4 is 10.6 Å². The number of nitrogens with one attached hydrogen (secondary N) is 2. The van der Waals surface area contributed by atoms with Gasteiger partial charge in [-0.15, -0.1) is 0 Å². The van der Waals surface area contributed by atoms with E-state index in [0.29, 0.717) is 18.2 Å². The van der Waals surface area contributed by atoms with Gasteiger partial charge >= 0.3 is 0 Å². The van der Waals surface area contributed by atoms with Gasteiger partial charge in [-0.05, 0) is 43.2 Å². The molecule has 1 aromatic heterocycles. The molecule has 2 rings (SSSR count). The average molecular weight is 297 g/mol. The Bertz CT molecular complexity index is 581. The van der Waals surface area contributed by atoms with E-state index in [-0.39, 0.29) is 5.91 Å². The molecule has 4 heteroatoms. The highest BCUT2D eigenvalue weighted by atomic mass is 16.1. The van der Waals surface area contributed by atoms with Crippen molar-refractivity contribution in [2.75, 3.05) is 0 Å². The van der Waals surface area contributed by atoms with Crippen LogP contribution in [0.15, 0.2) is 48.7 Å². The normalized spacial score (nSPS) is 11.9. The number of carbonyl (C=O) groups excluding carboxylic acids is 1. The summed E-state index contributed by atoms with van der Waals surface area (Å²) >= 11 is 0. The predicted octanol–water partition coefficient (Wildman–Crippen LogP) is 2.90. The Kier molecular flexibility index (Phi) is 6.10. The maximum atomic E-state index is 12.1. The van der Waals surface area contributed by atoms with Gasteiger partial charge in [-0.2, -0.15) is 0 Å². The molecule has 0 aliphatic carbocycles. The lowest BCUT2D eigenvalue weighted by atomic mass is 10.1. The molecule has 0 bridgehead atoms. The molecule has 0 radical (unpaired) electrons. The van der Waals surface area contributed by atoms with Crippen LogP contribution in [0.25, 0.3) is 0 Å². The van der Waals surface area contributed by atoms with Gasteiger partial charge in [0.05, 0.1) is 12.2 Å². The fourth-order valence-electron chi connectivity index (χ4n) is 1.99. The highest BCUT2D eigenvalue weighted by Crippen LogP contribution is 2.05. The van der Waals surface area contributed by atoms with Crippen molar-refractivity contribution in [2.24, 2.45) is 0 Å². The molecule has 1 aromatic carbocycles. The Morgan fingerprint density at radius 3 is 2.55 bits per heavy atom. The standard InChI is InChI=1S/C18H23N3O/c1-3-14(2)20-12-15-7-9-16(10-8-15)18(22)21-13-17-6-4-5-11-19-17/h4-11,14,20H,3,12-13H2,1-2H3,(H,21,22). The minimum absolute atomic E-state index is 0.0768. The molecular weight excluding hydrogens is 274 g/mol. The minimum Gasteiger partial charge on any atom is -0.346 e. The number of amides is 1. The number of rotatable bonds is 7. The number of hydrogen-bond donors (Lipinski definition) is 2. The van der Waals surface area contributed by atoms with Crippen molar-refractivity contribution in [2.45, 2.75) is 39.4 Å². The smallest absolute Gasteiger partial charge is 0.251 e. The van der Waals surface area contributed by atoms with Gasteiger partial charge in [0.15, 0.2) is 0 Å². The molecule has 0 aliphatic rings. The molecule has 116 valence electrons. The van der Waals surface area contributed by atoms with Crippen LogP contribution in [0.3, 0.4) is 0 Å². The van der Waals surface area contributed by atoms with Gasteiger partial charge in [0, 0.05) is 24.3 Å². The number of benzene rings is 1. The Labute approximate surface area is 132 Å². The van der Waals surface area contributed by atoms with Crippen molar-refractivity contribution in [3.05, 3.63) is 65.5 Å². The van der Waals surface area contributed by atoms with Gasteiger partial charge in [0.1, 0.15) is 0 Å². The second-order valence-electron chi connectivity index (χ2n) is 5.39. The van der Waals surface area contributed by atoms with Gasteiger partial charge < -0.3 is 10.6 Å². The lowest BCUT2D eigenvalue weighted by molar-refractivity contribution is 0.0950. The van der Waals surface area contributed by atoms with Crippen LogP contribution >= 0.6 is 0 Å². The average Bonchev–Trinajstić information content (AvgIpc) is 2.59. The molecule has 2 aromatic rings. The highest BCUT2D eigenvalue weighted by molar-refractivity contribution is 5.94. The zero-order valence-electron chi connectivity index (χ0n) is 13.2. The molecule has 1 unspecified atom stereocenters. The number of nitrogens with zero attached hydrogens (tertiary/aromatic N) is 1. The van der Waals surface area contributed by atoms with Gasteiger partial charge in [0.25, 0.3) is 5.91 Å². The van der Waals surface area contributed by atoms with Crippen molar-refractivity contribution in [1.29, 1.82) is 0 Å². The fraction of sp³-hybridized carbons (Fsp3) is 0.333. The summed E-state index contributed by atoms with van der Waals surface area (Å²) in [4.78, 5) is 16.3. The molecule has 1 atom stereocenters. The van der Waals surface area contributed by atoms with Crippen molar-refractivity contribution in [3.8, 4) is 0 Å². The molecule has 1 heterocycles. The fourth-order valence-corrected chi connectivity index (χ4v) is 1.99. The third-order valence-corrected chi connectivity index (χ3v) is 3.64. The summed E-state index contributed by atoms with van der Waals surface area (Å²) in [5.74, 6) is -0.0768. The first kappa shape index (κ1) is 16.2. The zero-order chi connectivity index (χ0) is 15.8. The topological polar surface area (TPSA) is 54.0 Å². The van der Waals surface area contributed by atoms with E-state index in [1.807, 2.05) is 42.5 Å². The molecule has 0 aliphatic heterocycles. The summed E-state index contributed by atoms with van der Waals surface area (Å²) in [5, 5.41) is 6.31. The maximum absolute atomic E-state index is 12.1. The molecule has 1 amide bonds. The van der Waals surface area contributed by atoms with E-state index in [1.54, 1.807) is 6.20 Å². The molecule has 0 saturated heterocycles. The minimum atomic E-state index is -0.0768. The second kappa shape index (κ2) is 8.29. The van der Waals surface area contributed by atoms with E-state index in [9.17, 15) is 4.79 Å². The van der Waals surface area contributed by atoms with Crippen LogP contribution in [-0.2, 0) is 13.1 Å². The largest absolute Gasteiger partial charge is 0.346 e. The number of carbonyl (C=O) groups is 1. The van der Waals surface area contributed by atoms with E-state index in [4.69, 9.17) is 0 Å². The Morgan fingerprint density at radius 2 is 1.91 bits per heavy atom. The molecule has 4 nitrogen and oxygen atoms in total. The molecule has 22 heavy (non-hydrogen) atoms. The van der Waals surface area contributed by atoms with E-state index in [1.165, 1.54) is 5.56 Å². The van der Waals surface area contributed by atoms with Crippen molar-refractivity contribution in [3.63, 3.8) is 0 Å². The highest BCUT2D eigenvalue weighted by Gasteiger charge is 2.06. The van der Waals surface area contributed by atoms with E-state index >= 15 is 0 Å². The van der Waals surface area contributed by atoms with E-state index < -0.39 is 0 Å². The molecular formula is C18H23N3O. The predicted molar refractivity (Wildman–Crippen MR) is 88.4 cm³/mol. The van der Waals surface area contributed by atoms with Crippen LogP contribution in [0, 0.1) is 0 Å². The first-order valence-electron chi connectivity index (χ1n) is 7.69. The van der Waals surface area contributed by atoms with Crippen LogP contribution in [0.5, 0.6) is 0 Å². The third-order valence-electron chi connectivity index (χ3n) is 3.64. The molecule has 0 saturated carbocycles. The van der Waals surface area contributed by atoms with E-state index in [0.717, 1.165) is 18.7 Å². The number of hydrogen-bond acceptors (Lipinski definition) is 3. The summed E-state index contributed by atoms with van der Waals surface area (Å²) in [6.45, 7) is 5.59. The van der Waals surface area contributed by atoms with Crippen LogP contribution in [0.4, 0.5) is 0 Å². The van der Waals surface area contributed by atoms with Crippen LogP contribution in [0.2, 0.25) is 0 Å². The lowest BCUT2D eigenvalue weighted by Crippen LogP contribution is -2.25. The second-order valence-corrected chi connectivity index (χ2v) is 5.39. The number of pyridine rings is 1. The molecule has 2 N–H and O–H groups in total. The summed E-state index contributed by atoms with van der Waals surface area (Å²) in [5.41, 5.74) is 2.70.